The number of aryl methyl sites for hydroxylation is 2. The average Bonchev–Trinajstić information content (AvgIpc) is 2.43. The Balaban J connectivity index is 2.43. The van der Waals surface area contributed by atoms with Crippen LogP contribution in [-0.4, -0.2) is 8.42 Å². The van der Waals surface area contributed by atoms with Crippen LogP contribution >= 0.6 is 11.6 Å². The molecule has 0 heterocycles. The van der Waals surface area contributed by atoms with Gasteiger partial charge < -0.3 is 0 Å². The molecule has 0 atom stereocenters. The Morgan fingerprint density at radius 3 is 2.48 bits per heavy atom. The van der Waals surface area contributed by atoms with E-state index in [-0.39, 0.29) is 5.75 Å². The first-order valence-electron chi connectivity index (χ1n) is 6.32. The Morgan fingerprint density at radius 2 is 1.86 bits per heavy atom. The van der Waals surface area contributed by atoms with Gasteiger partial charge in [0.05, 0.1) is 22.3 Å². The third-order valence-corrected chi connectivity index (χ3v) is 5.36. The molecular weight excluding hydrogens is 306 g/mol. The zero-order valence-corrected chi connectivity index (χ0v) is 13.3. The normalized spacial score (nSPS) is 11.1. The van der Waals surface area contributed by atoms with E-state index in [4.69, 9.17) is 16.9 Å². The molecule has 0 radical (unpaired) electrons. The third kappa shape index (κ3) is 3.44. The topological polar surface area (TPSA) is 57.9 Å². The number of hydrogen-bond acceptors (Lipinski definition) is 3. The summed E-state index contributed by atoms with van der Waals surface area (Å²) < 4.78 is 25.1. The fraction of sp³-hybridized carbons (Fsp3) is 0.188. The van der Waals surface area contributed by atoms with Crippen LogP contribution in [0.2, 0.25) is 5.02 Å². The van der Waals surface area contributed by atoms with E-state index >= 15 is 0 Å². The molecule has 2 rings (SSSR count). The largest absolute Gasteiger partial charge is 0.223 e. The molecule has 0 saturated carbocycles. The Morgan fingerprint density at radius 1 is 1.14 bits per heavy atom. The van der Waals surface area contributed by atoms with Crippen LogP contribution in [0.15, 0.2) is 41.3 Å². The fourth-order valence-corrected chi connectivity index (χ4v) is 4.13. The summed E-state index contributed by atoms with van der Waals surface area (Å²) in [5.74, 6) is -0.179. The van der Waals surface area contributed by atoms with Crippen molar-refractivity contribution in [3.8, 4) is 6.07 Å². The first-order chi connectivity index (χ1) is 9.83. The molecule has 2 aromatic carbocycles. The van der Waals surface area contributed by atoms with E-state index < -0.39 is 9.84 Å². The van der Waals surface area contributed by atoms with Gasteiger partial charge in [-0.3, -0.25) is 0 Å². The maximum atomic E-state index is 12.6. The SMILES string of the molecule is Cc1ccc(C)c(S(=O)(=O)Cc2ccc(C#N)cc2Cl)c1. The molecule has 0 aliphatic rings. The lowest BCUT2D eigenvalue weighted by Crippen LogP contribution is -2.07. The van der Waals surface area contributed by atoms with Crippen LogP contribution in [0, 0.1) is 25.2 Å². The molecule has 0 aliphatic heterocycles. The van der Waals surface area contributed by atoms with Crippen molar-refractivity contribution in [3.63, 3.8) is 0 Å². The molecular formula is C16H14ClNO2S. The maximum Gasteiger partial charge on any atom is 0.182 e. The lowest BCUT2D eigenvalue weighted by atomic mass is 10.2. The van der Waals surface area contributed by atoms with E-state index in [1.165, 1.54) is 6.07 Å². The molecule has 0 spiro atoms. The summed E-state index contributed by atoms with van der Waals surface area (Å²) in [6, 6.07) is 12.0. The minimum Gasteiger partial charge on any atom is -0.223 e. The van der Waals surface area contributed by atoms with Crippen molar-refractivity contribution in [1.29, 1.82) is 5.26 Å². The van der Waals surface area contributed by atoms with Crippen molar-refractivity contribution in [2.24, 2.45) is 0 Å². The summed E-state index contributed by atoms with van der Waals surface area (Å²) in [6.07, 6.45) is 0. The van der Waals surface area contributed by atoms with E-state index in [1.54, 1.807) is 31.2 Å². The molecule has 0 unspecified atom stereocenters. The second-order valence-electron chi connectivity index (χ2n) is 4.95. The Kier molecular flexibility index (Phi) is 4.36. The van der Waals surface area contributed by atoms with Gasteiger partial charge in [0.1, 0.15) is 0 Å². The number of hydrogen-bond donors (Lipinski definition) is 0. The van der Waals surface area contributed by atoms with Crippen molar-refractivity contribution < 1.29 is 8.42 Å². The molecule has 0 amide bonds. The van der Waals surface area contributed by atoms with Crippen LogP contribution < -0.4 is 0 Å². The molecule has 3 nitrogen and oxygen atoms in total. The first-order valence-corrected chi connectivity index (χ1v) is 8.35. The van der Waals surface area contributed by atoms with Gasteiger partial charge in [-0.2, -0.15) is 5.26 Å². The summed E-state index contributed by atoms with van der Waals surface area (Å²) in [4.78, 5) is 0.322. The van der Waals surface area contributed by atoms with Crippen LogP contribution in [0.5, 0.6) is 0 Å². The molecule has 0 saturated heterocycles. The van der Waals surface area contributed by atoms with Crippen molar-refractivity contribution in [2.45, 2.75) is 24.5 Å². The number of benzene rings is 2. The summed E-state index contributed by atoms with van der Waals surface area (Å²) in [6.45, 7) is 3.62. The van der Waals surface area contributed by atoms with Gasteiger partial charge in [-0.05, 0) is 48.7 Å². The number of sulfone groups is 1. The highest BCUT2D eigenvalue weighted by atomic mass is 35.5. The van der Waals surface area contributed by atoms with Gasteiger partial charge in [-0.1, -0.05) is 29.8 Å². The van der Waals surface area contributed by atoms with Crippen LogP contribution in [0.4, 0.5) is 0 Å². The van der Waals surface area contributed by atoms with Crippen LogP contribution in [-0.2, 0) is 15.6 Å². The minimum absolute atomic E-state index is 0.179. The van der Waals surface area contributed by atoms with Gasteiger partial charge in [-0.25, -0.2) is 8.42 Å². The summed E-state index contributed by atoms with van der Waals surface area (Å²) in [5, 5.41) is 9.10. The highest BCUT2D eigenvalue weighted by molar-refractivity contribution is 7.90. The lowest BCUT2D eigenvalue weighted by Gasteiger charge is -2.10. The Labute approximate surface area is 129 Å². The molecule has 0 aliphatic carbocycles. The van der Waals surface area contributed by atoms with Gasteiger partial charge >= 0.3 is 0 Å². The molecule has 0 N–H and O–H groups in total. The monoisotopic (exact) mass is 319 g/mol. The zero-order valence-electron chi connectivity index (χ0n) is 11.7. The maximum absolute atomic E-state index is 12.6. The predicted molar refractivity (Wildman–Crippen MR) is 83.0 cm³/mol. The minimum atomic E-state index is -3.48. The van der Waals surface area contributed by atoms with Crippen molar-refractivity contribution in [3.05, 3.63) is 63.7 Å². The Hall–Kier alpha value is -1.83. The Bertz CT molecular complexity index is 836. The summed E-state index contributed by atoms with van der Waals surface area (Å²) >= 11 is 6.06. The van der Waals surface area contributed by atoms with Crippen LogP contribution in [0.3, 0.4) is 0 Å². The first kappa shape index (κ1) is 15.6. The highest BCUT2D eigenvalue weighted by Gasteiger charge is 2.19. The molecule has 21 heavy (non-hydrogen) atoms. The lowest BCUT2D eigenvalue weighted by molar-refractivity contribution is 0.594. The molecule has 2 aromatic rings. The highest BCUT2D eigenvalue weighted by Crippen LogP contribution is 2.25. The second kappa shape index (κ2) is 5.88. The molecule has 0 aromatic heterocycles. The smallest absolute Gasteiger partial charge is 0.182 e. The van der Waals surface area contributed by atoms with E-state index in [0.717, 1.165) is 5.56 Å². The number of halogens is 1. The number of nitrogens with zero attached hydrogens (tertiary/aromatic N) is 1. The van der Waals surface area contributed by atoms with Gasteiger partial charge in [0.2, 0.25) is 0 Å². The van der Waals surface area contributed by atoms with Gasteiger partial charge in [0, 0.05) is 5.02 Å². The van der Waals surface area contributed by atoms with Crippen molar-refractivity contribution in [2.75, 3.05) is 0 Å². The standard InChI is InChI=1S/C16H14ClNO2S/c1-11-3-4-12(2)16(7-11)21(19,20)10-14-6-5-13(9-18)8-15(14)17/h3-8H,10H2,1-2H3. The molecule has 0 bridgehead atoms. The second-order valence-corrected chi connectivity index (χ2v) is 7.31. The summed E-state index contributed by atoms with van der Waals surface area (Å²) in [7, 11) is -3.48. The summed E-state index contributed by atoms with van der Waals surface area (Å²) in [5.41, 5.74) is 2.51. The van der Waals surface area contributed by atoms with Crippen molar-refractivity contribution in [1.82, 2.24) is 0 Å². The number of rotatable bonds is 3. The van der Waals surface area contributed by atoms with E-state index in [0.29, 0.717) is 26.6 Å². The zero-order chi connectivity index (χ0) is 15.6. The van der Waals surface area contributed by atoms with Crippen molar-refractivity contribution >= 4 is 21.4 Å². The third-order valence-electron chi connectivity index (χ3n) is 3.21. The van der Waals surface area contributed by atoms with Gasteiger partial charge in [0.15, 0.2) is 9.84 Å². The molecule has 5 heteroatoms. The molecule has 108 valence electrons. The van der Waals surface area contributed by atoms with E-state index in [9.17, 15) is 8.42 Å². The van der Waals surface area contributed by atoms with Gasteiger partial charge in [0.25, 0.3) is 0 Å². The average molecular weight is 320 g/mol. The molecule has 0 fully saturated rings. The van der Waals surface area contributed by atoms with Crippen LogP contribution in [0.1, 0.15) is 22.3 Å². The van der Waals surface area contributed by atoms with Gasteiger partial charge in [-0.15, -0.1) is 0 Å². The van der Waals surface area contributed by atoms with E-state index in [1.807, 2.05) is 19.1 Å². The quantitative estimate of drug-likeness (QED) is 0.864. The number of nitriles is 1. The fourth-order valence-electron chi connectivity index (χ4n) is 2.06. The van der Waals surface area contributed by atoms with E-state index in [2.05, 4.69) is 0 Å². The van der Waals surface area contributed by atoms with Crippen LogP contribution in [0.25, 0.3) is 0 Å². The predicted octanol–water partition coefficient (Wildman–Crippen LogP) is 3.80.